The van der Waals surface area contributed by atoms with Gasteiger partial charge in [-0.2, -0.15) is 0 Å². The van der Waals surface area contributed by atoms with Crippen LogP contribution < -0.4 is 0 Å². The van der Waals surface area contributed by atoms with E-state index in [-0.39, 0.29) is 0 Å². The Morgan fingerprint density at radius 2 is 1.42 bits per heavy atom. The Morgan fingerprint density at radius 1 is 0.684 bits per heavy atom. The van der Waals surface area contributed by atoms with E-state index in [2.05, 4.69) is 78.9 Å². The molecular weight excluding hydrogens is 228 g/mol. The van der Waals surface area contributed by atoms with Crippen LogP contribution in [0, 0.1) is 0 Å². The van der Waals surface area contributed by atoms with Crippen LogP contribution in [0.5, 0.6) is 0 Å². The minimum absolute atomic E-state index is 0.972. The first-order valence-electron chi connectivity index (χ1n) is 6.61. The van der Waals surface area contributed by atoms with Gasteiger partial charge in [0.15, 0.2) is 0 Å². The van der Waals surface area contributed by atoms with Crippen molar-refractivity contribution in [3.8, 4) is 0 Å². The standard InChI is InChI=1S/C19H16/c1-2-7-16(8-3-1)9-6-10-17-13-14-18-11-4-5-12-19(18)15-17/h1-9,11-15H,10H2/b9-6+. The van der Waals surface area contributed by atoms with E-state index in [0.717, 1.165) is 6.42 Å². The van der Waals surface area contributed by atoms with Crippen LogP contribution in [-0.4, -0.2) is 0 Å². The maximum atomic E-state index is 2.27. The summed E-state index contributed by atoms with van der Waals surface area (Å²) in [6.45, 7) is 0. The summed E-state index contributed by atoms with van der Waals surface area (Å²) in [7, 11) is 0. The van der Waals surface area contributed by atoms with E-state index in [4.69, 9.17) is 0 Å². The molecule has 0 fully saturated rings. The van der Waals surface area contributed by atoms with Gasteiger partial charge in [0.25, 0.3) is 0 Å². The van der Waals surface area contributed by atoms with E-state index >= 15 is 0 Å². The molecule has 0 aliphatic carbocycles. The number of fused-ring (bicyclic) bond motifs is 1. The highest BCUT2D eigenvalue weighted by Gasteiger charge is 1.94. The van der Waals surface area contributed by atoms with Gasteiger partial charge in [0, 0.05) is 0 Å². The molecule has 0 N–H and O–H groups in total. The second-order valence-corrected chi connectivity index (χ2v) is 4.70. The maximum absolute atomic E-state index is 2.27. The number of hydrogen-bond donors (Lipinski definition) is 0. The van der Waals surface area contributed by atoms with E-state index in [0.29, 0.717) is 0 Å². The van der Waals surface area contributed by atoms with Crippen molar-refractivity contribution in [2.75, 3.05) is 0 Å². The van der Waals surface area contributed by atoms with Crippen LogP contribution in [0.25, 0.3) is 16.8 Å². The summed E-state index contributed by atoms with van der Waals surface area (Å²) in [5, 5.41) is 2.62. The molecule has 0 aliphatic rings. The van der Waals surface area contributed by atoms with Gasteiger partial charge < -0.3 is 0 Å². The third kappa shape index (κ3) is 2.92. The van der Waals surface area contributed by atoms with Gasteiger partial charge in [-0.1, -0.05) is 84.9 Å². The van der Waals surface area contributed by atoms with Crippen molar-refractivity contribution in [3.05, 3.63) is 90.0 Å². The van der Waals surface area contributed by atoms with Crippen molar-refractivity contribution in [1.82, 2.24) is 0 Å². The quantitative estimate of drug-likeness (QED) is 0.601. The molecule has 0 bridgehead atoms. The molecule has 0 aromatic heterocycles. The summed E-state index contributed by atoms with van der Waals surface area (Å²) in [5.74, 6) is 0. The SMILES string of the molecule is C(=C\c1ccccc1)/Cc1ccc2ccccc2c1. The number of benzene rings is 3. The molecule has 0 saturated heterocycles. The van der Waals surface area contributed by atoms with Crippen molar-refractivity contribution in [2.24, 2.45) is 0 Å². The third-order valence-electron chi connectivity index (χ3n) is 3.28. The fourth-order valence-electron chi connectivity index (χ4n) is 2.26. The van der Waals surface area contributed by atoms with Crippen LogP contribution in [0.3, 0.4) is 0 Å². The summed E-state index contributed by atoms with van der Waals surface area (Å²) in [6, 6.07) is 25.6. The van der Waals surface area contributed by atoms with Gasteiger partial charge in [-0.3, -0.25) is 0 Å². The molecular formula is C19H16. The fraction of sp³-hybridized carbons (Fsp3) is 0.0526. The zero-order chi connectivity index (χ0) is 12.9. The topological polar surface area (TPSA) is 0 Å². The lowest BCUT2D eigenvalue weighted by atomic mass is 10.0. The lowest BCUT2D eigenvalue weighted by Crippen LogP contribution is -1.81. The maximum Gasteiger partial charge on any atom is -0.00939 e. The van der Waals surface area contributed by atoms with E-state index < -0.39 is 0 Å². The van der Waals surface area contributed by atoms with Gasteiger partial charge in [-0.05, 0) is 28.3 Å². The highest BCUT2D eigenvalue weighted by molar-refractivity contribution is 5.83. The molecule has 0 atom stereocenters. The van der Waals surface area contributed by atoms with Gasteiger partial charge in [0.05, 0.1) is 0 Å². The fourth-order valence-corrected chi connectivity index (χ4v) is 2.26. The zero-order valence-corrected chi connectivity index (χ0v) is 10.8. The van der Waals surface area contributed by atoms with Crippen molar-refractivity contribution >= 4 is 16.8 Å². The first-order chi connectivity index (χ1) is 9.42. The molecule has 0 nitrogen and oxygen atoms in total. The predicted molar refractivity (Wildman–Crippen MR) is 83.1 cm³/mol. The van der Waals surface area contributed by atoms with E-state index in [9.17, 15) is 0 Å². The summed E-state index contributed by atoms with van der Waals surface area (Å²) in [5.41, 5.74) is 2.61. The molecule has 19 heavy (non-hydrogen) atoms. The minimum Gasteiger partial charge on any atom is -0.0795 e. The molecule has 3 rings (SSSR count). The van der Waals surface area contributed by atoms with Gasteiger partial charge in [-0.15, -0.1) is 0 Å². The van der Waals surface area contributed by atoms with E-state index in [1.165, 1.54) is 21.9 Å². The Balaban J connectivity index is 1.77. The van der Waals surface area contributed by atoms with E-state index in [1.807, 2.05) is 6.07 Å². The van der Waals surface area contributed by atoms with Crippen LogP contribution in [0.2, 0.25) is 0 Å². The molecule has 0 unspecified atom stereocenters. The van der Waals surface area contributed by atoms with Gasteiger partial charge in [0.2, 0.25) is 0 Å². The molecule has 0 aliphatic heterocycles. The van der Waals surface area contributed by atoms with Gasteiger partial charge in [-0.25, -0.2) is 0 Å². The molecule has 0 spiro atoms. The summed E-state index contributed by atoms with van der Waals surface area (Å²) < 4.78 is 0. The Morgan fingerprint density at radius 3 is 2.26 bits per heavy atom. The lowest BCUT2D eigenvalue weighted by Gasteiger charge is -2.01. The zero-order valence-electron chi connectivity index (χ0n) is 10.8. The van der Waals surface area contributed by atoms with Gasteiger partial charge >= 0.3 is 0 Å². The lowest BCUT2D eigenvalue weighted by molar-refractivity contribution is 1.29. The minimum atomic E-state index is 0.972. The number of allylic oxidation sites excluding steroid dienone is 1. The van der Waals surface area contributed by atoms with E-state index in [1.54, 1.807) is 0 Å². The predicted octanol–water partition coefficient (Wildman–Crippen LogP) is 5.10. The second kappa shape index (κ2) is 5.53. The largest absolute Gasteiger partial charge is 0.0795 e. The Hall–Kier alpha value is -2.34. The molecule has 0 heteroatoms. The first kappa shape index (κ1) is 11.7. The summed E-state index contributed by atoms with van der Waals surface area (Å²) >= 11 is 0. The van der Waals surface area contributed by atoms with Crippen molar-refractivity contribution < 1.29 is 0 Å². The van der Waals surface area contributed by atoms with Crippen LogP contribution >= 0.6 is 0 Å². The average Bonchev–Trinajstić information content (AvgIpc) is 2.48. The molecule has 3 aromatic rings. The Kier molecular flexibility index (Phi) is 3.42. The number of rotatable bonds is 3. The Labute approximate surface area is 114 Å². The summed E-state index contributed by atoms with van der Waals surface area (Å²) in [4.78, 5) is 0. The smallest absolute Gasteiger partial charge is 0.00939 e. The normalized spacial score (nSPS) is 11.2. The number of hydrogen-bond acceptors (Lipinski definition) is 0. The van der Waals surface area contributed by atoms with Crippen molar-refractivity contribution in [1.29, 1.82) is 0 Å². The van der Waals surface area contributed by atoms with Crippen LogP contribution in [0.1, 0.15) is 11.1 Å². The average molecular weight is 244 g/mol. The van der Waals surface area contributed by atoms with Gasteiger partial charge in [0.1, 0.15) is 0 Å². The first-order valence-corrected chi connectivity index (χ1v) is 6.61. The van der Waals surface area contributed by atoms with Crippen LogP contribution in [-0.2, 0) is 6.42 Å². The molecule has 0 radical (unpaired) electrons. The summed E-state index contributed by atoms with van der Waals surface area (Å²) in [6.07, 6.45) is 5.37. The molecule has 3 aromatic carbocycles. The monoisotopic (exact) mass is 244 g/mol. The second-order valence-electron chi connectivity index (χ2n) is 4.70. The van der Waals surface area contributed by atoms with Crippen molar-refractivity contribution in [2.45, 2.75) is 6.42 Å². The Bertz CT molecular complexity index is 693. The molecule has 0 heterocycles. The molecule has 0 amide bonds. The molecule has 0 saturated carbocycles. The highest BCUT2D eigenvalue weighted by atomic mass is 14.0. The van der Waals surface area contributed by atoms with Crippen LogP contribution in [0.15, 0.2) is 78.9 Å². The highest BCUT2D eigenvalue weighted by Crippen LogP contribution is 2.16. The van der Waals surface area contributed by atoms with Crippen LogP contribution in [0.4, 0.5) is 0 Å². The molecule has 92 valence electrons. The van der Waals surface area contributed by atoms with Crippen molar-refractivity contribution in [3.63, 3.8) is 0 Å². The third-order valence-corrected chi connectivity index (χ3v) is 3.28.